The van der Waals surface area contributed by atoms with Crippen LogP contribution >= 0.6 is 0 Å². The maximum absolute atomic E-state index is 11.2. The van der Waals surface area contributed by atoms with E-state index < -0.39 is 5.97 Å². The Morgan fingerprint density at radius 3 is 2.46 bits per heavy atom. The molecule has 0 radical (unpaired) electrons. The number of aromatic nitrogens is 1. The van der Waals surface area contributed by atoms with Crippen molar-refractivity contribution < 1.29 is 19.0 Å². The lowest BCUT2D eigenvalue weighted by Crippen LogP contribution is -2.00. The van der Waals surface area contributed by atoms with Gasteiger partial charge in [-0.05, 0) is 49.4 Å². The molecule has 0 saturated carbocycles. The van der Waals surface area contributed by atoms with Crippen LogP contribution in [0.3, 0.4) is 0 Å². The first-order valence-electron chi connectivity index (χ1n) is 8.83. The lowest BCUT2D eigenvalue weighted by molar-refractivity contribution is -0.136. The minimum Gasteiger partial charge on any atom is -0.487 e. The van der Waals surface area contributed by atoms with Gasteiger partial charge in [-0.2, -0.15) is 0 Å². The predicted octanol–water partition coefficient (Wildman–Crippen LogP) is 4.37. The fourth-order valence-corrected chi connectivity index (χ4v) is 2.29. The van der Waals surface area contributed by atoms with E-state index in [2.05, 4.69) is 16.8 Å². The van der Waals surface area contributed by atoms with Crippen molar-refractivity contribution in [3.05, 3.63) is 84.1 Å². The summed E-state index contributed by atoms with van der Waals surface area (Å²) in [4.78, 5) is 15.7. The van der Waals surface area contributed by atoms with Crippen LogP contribution in [0.1, 0.15) is 18.2 Å². The smallest absolute Gasteiger partial charge is 0.384 e. The highest BCUT2D eigenvalue weighted by molar-refractivity contribution is 5.89. The molecule has 1 heterocycles. The van der Waals surface area contributed by atoms with Crippen molar-refractivity contribution in [2.24, 2.45) is 0 Å². The van der Waals surface area contributed by atoms with Gasteiger partial charge in [-0.1, -0.05) is 30.2 Å². The van der Waals surface area contributed by atoms with Crippen LogP contribution in [0.4, 0.5) is 0 Å². The van der Waals surface area contributed by atoms with Crippen LogP contribution in [-0.4, -0.2) is 17.6 Å². The highest BCUT2D eigenvalue weighted by atomic mass is 16.5. The van der Waals surface area contributed by atoms with Crippen molar-refractivity contribution in [3.63, 3.8) is 0 Å². The maximum atomic E-state index is 11.2. The molecule has 0 aliphatic heterocycles. The van der Waals surface area contributed by atoms with Crippen LogP contribution < -0.4 is 9.47 Å². The van der Waals surface area contributed by atoms with E-state index in [0.717, 1.165) is 11.4 Å². The molecule has 3 aromatic rings. The Hall–Kier alpha value is -3.78. The van der Waals surface area contributed by atoms with Crippen molar-refractivity contribution in [2.45, 2.75) is 13.5 Å². The number of hydrogen-bond donors (Lipinski definition) is 0. The van der Waals surface area contributed by atoms with Crippen molar-refractivity contribution in [3.8, 4) is 29.2 Å². The average Bonchev–Trinajstić information content (AvgIpc) is 2.73. The molecule has 0 bridgehead atoms. The fourth-order valence-electron chi connectivity index (χ4n) is 2.29. The SMILES string of the molecule is CCOC(=O)C#Cc1ccc(OCc2cccc(Oc3ccccc3)n2)cc1. The molecule has 0 saturated heterocycles. The van der Waals surface area contributed by atoms with Crippen LogP contribution in [0.5, 0.6) is 17.4 Å². The molecule has 0 aliphatic rings. The third kappa shape index (κ3) is 5.89. The molecule has 3 rings (SSSR count). The fraction of sp³-hybridized carbons (Fsp3) is 0.130. The third-order valence-corrected chi connectivity index (χ3v) is 3.57. The van der Waals surface area contributed by atoms with E-state index in [1.165, 1.54) is 0 Å². The molecule has 140 valence electrons. The van der Waals surface area contributed by atoms with Crippen molar-refractivity contribution in [1.82, 2.24) is 4.98 Å². The van der Waals surface area contributed by atoms with Crippen molar-refractivity contribution >= 4 is 5.97 Å². The average molecular weight is 373 g/mol. The molecule has 0 amide bonds. The molecule has 0 aliphatic carbocycles. The zero-order valence-corrected chi connectivity index (χ0v) is 15.4. The number of carbonyl (C=O) groups is 1. The molecular weight excluding hydrogens is 354 g/mol. The molecule has 5 nitrogen and oxygen atoms in total. The molecule has 0 fully saturated rings. The Morgan fingerprint density at radius 2 is 1.71 bits per heavy atom. The minimum absolute atomic E-state index is 0.305. The van der Waals surface area contributed by atoms with E-state index in [9.17, 15) is 4.79 Å². The summed E-state index contributed by atoms with van der Waals surface area (Å²) in [6.45, 7) is 2.36. The zero-order valence-electron chi connectivity index (χ0n) is 15.4. The minimum atomic E-state index is -0.536. The molecule has 0 atom stereocenters. The summed E-state index contributed by atoms with van der Waals surface area (Å²) in [5.41, 5.74) is 1.45. The Bertz CT molecular complexity index is 973. The van der Waals surface area contributed by atoms with Crippen molar-refractivity contribution in [2.75, 3.05) is 6.61 Å². The molecule has 2 aromatic carbocycles. The summed E-state index contributed by atoms with van der Waals surface area (Å²) in [5.74, 6) is 6.56. The highest BCUT2D eigenvalue weighted by Crippen LogP contribution is 2.19. The van der Waals surface area contributed by atoms with E-state index in [-0.39, 0.29) is 0 Å². The van der Waals surface area contributed by atoms with Gasteiger partial charge < -0.3 is 14.2 Å². The first-order chi connectivity index (χ1) is 13.7. The topological polar surface area (TPSA) is 57.7 Å². The molecule has 5 heteroatoms. The Balaban J connectivity index is 1.57. The summed E-state index contributed by atoms with van der Waals surface area (Å²) >= 11 is 0. The lowest BCUT2D eigenvalue weighted by atomic mass is 10.2. The molecule has 0 unspecified atom stereocenters. The first-order valence-corrected chi connectivity index (χ1v) is 8.83. The summed E-state index contributed by atoms with van der Waals surface area (Å²) in [7, 11) is 0. The second kappa shape index (κ2) is 9.79. The van der Waals surface area contributed by atoms with E-state index in [4.69, 9.17) is 14.2 Å². The van der Waals surface area contributed by atoms with Crippen LogP contribution in [-0.2, 0) is 16.1 Å². The Labute approximate surface area is 163 Å². The van der Waals surface area contributed by atoms with Crippen LogP contribution in [0.25, 0.3) is 0 Å². The van der Waals surface area contributed by atoms with Crippen LogP contribution in [0.15, 0.2) is 72.8 Å². The number of carbonyl (C=O) groups excluding carboxylic acids is 1. The van der Waals surface area contributed by atoms with Gasteiger partial charge in [-0.25, -0.2) is 9.78 Å². The normalized spacial score (nSPS) is 9.75. The zero-order chi connectivity index (χ0) is 19.6. The summed E-state index contributed by atoms with van der Waals surface area (Å²) < 4.78 is 16.3. The van der Waals surface area contributed by atoms with E-state index in [0.29, 0.717) is 30.4 Å². The second-order valence-electron chi connectivity index (χ2n) is 5.67. The second-order valence-corrected chi connectivity index (χ2v) is 5.67. The first kappa shape index (κ1) is 19.0. The molecule has 1 aromatic heterocycles. The quantitative estimate of drug-likeness (QED) is 0.474. The lowest BCUT2D eigenvalue weighted by Gasteiger charge is -2.08. The maximum Gasteiger partial charge on any atom is 0.384 e. The monoisotopic (exact) mass is 373 g/mol. The number of pyridine rings is 1. The number of nitrogens with zero attached hydrogens (tertiary/aromatic N) is 1. The van der Waals surface area contributed by atoms with Gasteiger partial charge in [0.1, 0.15) is 18.1 Å². The molecule has 0 N–H and O–H groups in total. The number of ether oxygens (including phenoxy) is 3. The van der Waals surface area contributed by atoms with Crippen LogP contribution in [0, 0.1) is 11.8 Å². The van der Waals surface area contributed by atoms with Crippen molar-refractivity contribution in [1.29, 1.82) is 0 Å². The van der Waals surface area contributed by atoms with Gasteiger partial charge in [0.05, 0.1) is 12.3 Å². The van der Waals surface area contributed by atoms with Gasteiger partial charge in [0, 0.05) is 17.6 Å². The number of esters is 1. The van der Waals surface area contributed by atoms with E-state index in [1.54, 1.807) is 37.3 Å². The standard InChI is InChI=1S/C23H19NO4/c1-2-26-23(25)16-13-18-11-14-20(15-12-18)27-17-19-7-6-10-22(24-19)28-21-8-4-3-5-9-21/h3-12,14-15H,2,17H2,1H3. The molecular formula is C23H19NO4. The van der Waals surface area contributed by atoms with Gasteiger partial charge in [0.15, 0.2) is 0 Å². The largest absolute Gasteiger partial charge is 0.487 e. The van der Waals surface area contributed by atoms with Crippen LogP contribution in [0.2, 0.25) is 0 Å². The summed E-state index contributed by atoms with van der Waals surface area (Å²) in [5, 5.41) is 0. The highest BCUT2D eigenvalue weighted by Gasteiger charge is 2.02. The summed E-state index contributed by atoms with van der Waals surface area (Å²) in [6, 6.07) is 22.2. The number of rotatable bonds is 6. The Kier molecular flexibility index (Phi) is 6.64. The summed E-state index contributed by atoms with van der Waals surface area (Å²) in [6.07, 6.45) is 0. The Morgan fingerprint density at radius 1 is 0.929 bits per heavy atom. The predicted molar refractivity (Wildman–Crippen MR) is 105 cm³/mol. The molecule has 28 heavy (non-hydrogen) atoms. The number of hydrogen-bond acceptors (Lipinski definition) is 5. The third-order valence-electron chi connectivity index (χ3n) is 3.57. The van der Waals surface area contributed by atoms with Gasteiger partial charge >= 0.3 is 5.97 Å². The van der Waals surface area contributed by atoms with Gasteiger partial charge in [-0.15, -0.1) is 0 Å². The number of para-hydroxylation sites is 1. The van der Waals surface area contributed by atoms with Gasteiger partial charge in [0.2, 0.25) is 5.88 Å². The van der Waals surface area contributed by atoms with Gasteiger partial charge in [-0.3, -0.25) is 0 Å². The number of benzene rings is 2. The van der Waals surface area contributed by atoms with E-state index in [1.807, 2.05) is 42.5 Å². The molecule has 0 spiro atoms. The van der Waals surface area contributed by atoms with E-state index >= 15 is 0 Å². The van der Waals surface area contributed by atoms with Gasteiger partial charge in [0.25, 0.3) is 0 Å².